The van der Waals surface area contributed by atoms with Crippen molar-refractivity contribution in [3.8, 4) is 0 Å². The minimum absolute atomic E-state index is 0. The van der Waals surface area contributed by atoms with Crippen LogP contribution in [0.15, 0.2) is 72.8 Å². The molecule has 0 atom stereocenters. The molecule has 3 aromatic carbocycles. The number of hydrogen-bond donors (Lipinski definition) is 0. The smallest absolute Gasteiger partial charge is 0.412 e. The van der Waals surface area contributed by atoms with Gasteiger partial charge in [0.15, 0.2) is 0 Å². The van der Waals surface area contributed by atoms with Crippen LogP contribution in [0.25, 0.3) is 0 Å². The topological polar surface area (TPSA) is 31.5 Å². The molecule has 0 bridgehead atoms. The van der Waals surface area contributed by atoms with Crippen LogP contribution in [0.4, 0.5) is 0 Å². The van der Waals surface area contributed by atoms with Crippen molar-refractivity contribution in [3.63, 3.8) is 0 Å². The van der Waals surface area contributed by atoms with Crippen LogP contribution in [0, 0.1) is 20.8 Å². The maximum absolute atomic E-state index is 2.32. The van der Waals surface area contributed by atoms with Crippen molar-refractivity contribution < 1.29 is 5.48 Å². The predicted molar refractivity (Wildman–Crippen MR) is 102 cm³/mol. The van der Waals surface area contributed by atoms with Crippen molar-refractivity contribution in [2.75, 3.05) is 0 Å². The molecular formula is C21H23GeO. The van der Waals surface area contributed by atoms with Crippen LogP contribution in [0.1, 0.15) is 16.7 Å². The van der Waals surface area contributed by atoms with Crippen molar-refractivity contribution >= 4 is 27.5 Å². The zero-order valence-electron chi connectivity index (χ0n) is 13.9. The fourth-order valence-electron chi connectivity index (χ4n) is 2.66. The van der Waals surface area contributed by atoms with Crippen molar-refractivity contribution in [2.45, 2.75) is 20.8 Å². The Morgan fingerprint density at radius 3 is 0.870 bits per heavy atom. The summed E-state index contributed by atoms with van der Waals surface area (Å²) >= 11 is -1.70. The molecule has 0 aliphatic carbocycles. The minimum atomic E-state index is -1.70. The third-order valence-corrected chi connectivity index (χ3v) is 9.75. The average Bonchev–Trinajstić information content (AvgIpc) is 2.53. The summed E-state index contributed by atoms with van der Waals surface area (Å²) in [7, 11) is 0. The van der Waals surface area contributed by atoms with E-state index in [1.807, 2.05) is 0 Å². The molecule has 0 amide bonds. The molecule has 3 rings (SSSR count). The van der Waals surface area contributed by atoms with Crippen molar-refractivity contribution in [3.05, 3.63) is 89.5 Å². The van der Waals surface area contributed by atoms with Crippen LogP contribution in [0.5, 0.6) is 0 Å². The number of hydrogen-bond acceptors (Lipinski definition) is 0. The van der Waals surface area contributed by atoms with E-state index in [9.17, 15) is 0 Å². The van der Waals surface area contributed by atoms with Crippen LogP contribution < -0.4 is 13.2 Å². The van der Waals surface area contributed by atoms with Crippen molar-refractivity contribution in [2.24, 2.45) is 0 Å². The van der Waals surface area contributed by atoms with Crippen molar-refractivity contribution in [1.82, 2.24) is 0 Å². The first-order chi connectivity index (χ1) is 10.6. The fraction of sp³-hybridized carbons (Fsp3) is 0.143. The van der Waals surface area contributed by atoms with Crippen molar-refractivity contribution in [1.29, 1.82) is 0 Å². The maximum Gasteiger partial charge on any atom is -0.412 e. The second kappa shape index (κ2) is 7.62. The number of benzene rings is 3. The normalized spacial score (nSPS) is 10.4. The van der Waals surface area contributed by atoms with Gasteiger partial charge in [0.25, 0.3) is 0 Å². The molecule has 0 heterocycles. The minimum Gasteiger partial charge on any atom is -0.412 e. The molecule has 23 heavy (non-hydrogen) atoms. The van der Waals surface area contributed by atoms with Gasteiger partial charge in [0, 0.05) is 0 Å². The monoisotopic (exact) mass is 365 g/mol. The molecule has 2 heteroatoms. The van der Waals surface area contributed by atoms with Crippen LogP contribution in [-0.4, -0.2) is 19.8 Å². The van der Waals surface area contributed by atoms with E-state index in [0.29, 0.717) is 0 Å². The summed E-state index contributed by atoms with van der Waals surface area (Å²) in [4.78, 5) is 0. The van der Waals surface area contributed by atoms with Gasteiger partial charge in [0.1, 0.15) is 0 Å². The molecule has 1 radical (unpaired) electrons. The van der Waals surface area contributed by atoms with E-state index in [1.54, 1.807) is 0 Å². The summed E-state index contributed by atoms with van der Waals surface area (Å²) in [5.41, 5.74) is 3.98. The van der Waals surface area contributed by atoms with Gasteiger partial charge in [0.05, 0.1) is 0 Å². The van der Waals surface area contributed by atoms with Crippen LogP contribution in [-0.2, 0) is 0 Å². The Balaban J connectivity index is 0.00000192. The summed E-state index contributed by atoms with van der Waals surface area (Å²) in [5.74, 6) is 0. The third-order valence-electron chi connectivity index (χ3n) is 4.02. The van der Waals surface area contributed by atoms with Gasteiger partial charge in [-0.05, 0) is 0 Å². The Morgan fingerprint density at radius 1 is 0.435 bits per heavy atom. The first-order valence-corrected chi connectivity index (χ1v) is 10.9. The zero-order chi connectivity index (χ0) is 15.5. The maximum atomic E-state index is 2.32. The molecule has 117 valence electrons. The summed E-state index contributed by atoms with van der Waals surface area (Å²) in [6.45, 7) is 6.46. The second-order valence-corrected chi connectivity index (χ2v) is 11.2. The summed E-state index contributed by atoms with van der Waals surface area (Å²) in [6, 6.07) is 27.4. The Hall–Kier alpha value is -1.84. The molecule has 3 aromatic rings. The molecule has 0 spiro atoms. The van der Waals surface area contributed by atoms with Crippen LogP contribution >= 0.6 is 0 Å². The van der Waals surface area contributed by atoms with Gasteiger partial charge in [-0.25, -0.2) is 0 Å². The summed E-state index contributed by atoms with van der Waals surface area (Å²) < 4.78 is 4.54. The molecule has 1 nitrogen and oxygen atoms in total. The Morgan fingerprint density at radius 2 is 0.652 bits per heavy atom. The molecule has 0 aromatic heterocycles. The molecule has 0 aliphatic rings. The molecule has 2 N–H and O–H groups in total. The van der Waals surface area contributed by atoms with Crippen LogP contribution in [0.2, 0.25) is 0 Å². The number of rotatable bonds is 3. The Labute approximate surface area is 143 Å². The second-order valence-electron chi connectivity index (χ2n) is 5.97. The van der Waals surface area contributed by atoms with Gasteiger partial charge in [-0.15, -0.1) is 0 Å². The largest absolute Gasteiger partial charge is 0.412 e. The van der Waals surface area contributed by atoms with Gasteiger partial charge in [0.2, 0.25) is 0 Å². The summed E-state index contributed by atoms with van der Waals surface area (Å²) in [6.07, 6.45) is 0. The van der Waals surface area contributed by atoms with E-state index in [-0.39, 0.29) is 5.48 Å². The first-order valence-electron chi connectivity index (χ1n) is 7.71. The molecule has 0 unspecified atom stereocenters. The molecule has 0 aliphatic heterocycles. The Bertz CT molecular complexity index is 635. The number of aryl methyl sites for hydroxylation is 3. The molecule has 0 saturated carbocycles. The Kier molecular flexibility index (Phi) is 5.81. The quantitative estimate of drug-likeness (QED) is 0.639. The van der Waals surface area contributed by atoms with Gasteiger partial charge >= 0.3 is 138 Å². The van der Waals surface area contributed by atoms with Gasteiger partial charge in [-0.1, -0.05) is 0 Å². The first kappa shape index (κ1) is 17.5. The van der Waals surface area contributed by atoms with E-state index in [0.717, 1.165) is 0 Å². The van der Waals surface area contributed by atoms with E-state index in [1.165, 1.54) is 29.9 Å². The summed E-state index contributed by atoms with van der Waals surface area (Å²) in [5, 5.41) is 0. The molecule has 0 saturated heterocycles. The third kappa shape index (κ3) is 4.12. The van der Waals surface area contributed by atoms with E-state index in [4.69, 9.17) is 0 Å². The van der Waals surface area contributed by atoms with Gasteiger partial charge in [-0.3, -0.25) is 0 Å². The average molecular weight is 364 g/mol. The van der Waals surface area contributed by atoms with Gasteiger partial charge < -0.3 is 5.48 Å². The van der Waals surface area contributed by atoms with Gasteiger partial charge in [-0.2, -0.15) is 0 Å². The predicted octanol–water partition coefficient (Wildman–Crippen LogP) is 2.30. The van der Waals surface area contributed by atoms with E-state index in [2.05, 4.69) is 93.6 Å². The van der Waals surface area contributed by atoms with E-state index >= 15 is 0 Å². The van der Waals surface area contributed by atoms with E-state index < -0.39 is 14.3 Å². The van der Waals surface area contributed by atoms with Crippen LogP contribution in [0.3, 0.4) is 0 Å². The standard InChI is InChI=1S/C21H21Ge.H2O/c1-16-4-10-19(11-5-16)22(20-12-6-17(2)7-13-20)21-14-8-18(3)9-15-21;/h4-15H,1-3H3;1H2. The molecule has 0 fully saturated rings. The fourth-order valence-corrected chi connectivity index (χ4v) is 7.91. The zero-order valence-corrected chi connectivity index (χ0v) is 16.0. The SMILES string of the molecule is Cc1cc[c]([Ge]([c]2ccc(C)cc2)[c]2ccc(C)cc2)cc1.O. The molecular weight excluding hydrogens is 341 g/mol.